The molecule has 0 saturated carbocycles. The third-order valence-electron chi connectivity index (χ3n) is 2.54. The number of hydrogen-bond acceptors (Lipinski definition) is 3. The summed E-state index contributed by atoms with van der Waals surface area (Å²) < 4.78 is 37.3. The van der Waals surface area contributed by atoms with E-state index in [4.69, 9.17) is 10.9 Å². The minimum absolute atomic E-state index is 0.0275. The van der Waals surface area contributed by atoms with Gasteiger partial charge in [-0.05, 0) is 12.3 Å². The molecule has 0 aliphatic carbocycles. The number of carbonyl (C=O) groups is 1. The highest BCUT2D eigenvalue weighted by Gasteiger charge is 2.37. The standard InChI is InChI=1S/C11H20F3N3O2/c1-4-5-17(6-11(12,13)14)10(18)8(7(2)3)9(15)16-19/h7-8,19H,4-6H2,1-3H3,(H2,15,16). The Labute approximate surface area is 110 Å². The topological polar surface area (TPSA) is 78.9 Å². The number of amides is 1. The minimum atomic E-state index is -4.47. The van der Waals surface area contributed by atoms with Crippen LogP contribution in [0.5, 0.6) is 0 Å². The number of rotatable bonds is 6. The molecule has 0 aromatic heterocycles. The minimum Gasteiger partial charge on any atom is -0.409 e. The van der Waals surface area contributed by atoms with Crippen LogP contribution in [0.1, 0.15) is 27.2 Å². The van der Waals surface area contributed by atoms with Gasteiger partial charge in [0.1, 0.15) is 12.5 Å². The fraction of sp³-hybridized carbons (Fsp3) is 0.818. The van der Waals surface area contributed by atoms with Gasteiger partial charge in [-0.25, -0.2) is 0 Å². The van der Waals surface area contributed by atoms with Gasteiger partial charge in [0.25, 0.3) is 0 Å². The van der Waals surface area contributed by atoms with Gasteiger partial charge < -0.3 is 15.8 Å². The first kappa shape index (κ1) is 17.5. The van der Waals surface area contributed by atoms with Crippen molar-refractivity contribution in [2.24, 2.45) is 22.7 Å². The van der Waals surface area contributed by atoms with Crippen LogP contribution in [0.4, 0.5) is 13.2 Å². The Hall–Kier alpha value is -1.47. The van der Waals surface area contributed by atoms with Crippen LogP contribution >= 0.6 is 0 Å². The van der Waals surface area contributed by atoms with E-state index in [9.17, 15) is 18.0 Å². The largest absolute Gasteiger partial charge is 0.409 e. The van der Waals surface area contributed by atoms with E-state index in [0.717, 1.165) is 0 Å². The molecule has 8 heteroatoms. The third kappa shape index (κ3) is 5.80. The van der Waals surface area contributed by atoms with Gasteiger partial charge in [-0.3, -0.25) is 4.79 Å². The molecule has 112 valence electrons. The van der Waals surface area contributed by atoms with Gasteiger partial charge in [0.2, 0.25) is 5.91 Å². The van der Waals surface area contributed by atoms with Gasteiger partial charge in [-0.2, -0.15) is 13.2 Å². The number of carbonyl (C=O) groups excluding carboxylic acids is 1. The van der Waals surface area contributed by atoms with Crippen molar-refractivity contribution < 1.29 is 23.2 Å². The van der Waals surface area contributed by atoms with Crippen LogP contribution in [-0.4, -0.2) is 41.1 Å². The lowest BCUT2D eigenvalue weighted by Crippen LogP contribution is -2.47. The molecular weight excluding hydrogens is 263 g/mol. The maximum atomic E-state index is 12.4. The van der Waals surface area contributed by atoms with Gasteiger partial charge in [0.05, 0.1) is 0 Å². The Kier molecular flexibility index (Phi) is 6.64. The lowest BCUT2D eigenvalue weighted by Gasteiger charge is -2.29. The number of hydrogen-bond donors (Lipinski definition) is 2. The Bertz CT molecular complexity index is 330. The SMILES string of the molecule is CCCN(CC(F)(F)F)C(=O)C(C(N)=NO)C(C)C. The van der Waals surface area contributed by atoms with E-state index in [-0.39, 0.29) is 18.3 Å². The Morgan fingerprint density at radius 3 is 2.26 bits per heavy atom. The lowest BCUT2D eigenvalue weighted by atomic mass is 9.93. The maximum Gasteiger partial charge on any atom is 0.406 e. The van der Waals surface area contributed by atoms with Gasteiger partial charge in [-0.1, -0.05) is 25.9 Å². The van der Waals surface area contributed by atoms with E-state index >= 15 is 0 Å². The van der Waals surface area contributed by atoms with E-state index < -0.39 is 24.5 Å². The summed E-state index contributed by atoms with van der Waals surface area (Å²) in [4.78, 5) is 12.8. The predicted octanol–water partition coefficient (Wildman–Crippen LogP) is 1.81. The molecule has 0 radical (unpaired) electrons. The van der Waals surface area contributed by atoms with Gasteiger partial charge in [0, 0.05) is 6.54 Å². The van der Waals surface area contributed by atoms with Gasteiger partial charge in [-0.15, -0.1) is 0 Å². The van der Waals surface area contributed by atoms with Crippen molar-refractivity contribution in [3.63, 3.8) is 0 Å². The van der Waals surface area contributed by atoms with Crippen molar-refractivity contribution >= 4 is 11.7 Å². The zero-order chi connectivity index (χ0) is 15.2. The quantitative estimate of drug-likeness (QED) is 0.338. The fourth-order valence-electron chi connectivity index (χ4n) is 1.77. The molecule has 0 fully saturated rings. The molecule has 0 saturated heterocycles. The summed E-state index contributed by atoms with van der Waals surface area (Å²) in [6.07, 6.45) is -4.08. The Morgan fingerprint density at radius 2 is 1.95 bits per heavy atom. The first-order chi connectivity index (χ1) is 8.64. The average molecular weight is 283 g/mol. The molecule has 3 N–H and O–H groups in total. The van der Waals surface area contributed by atoms with Crippen molar-refractivity contribution in [2.75, 3.05) is 13.1 Å². The molecule has 1 unspecified atom stereocenters. The average Bonchev–Trinajstić information content (AvgIpc) is 2.26. The molecule has 0 rings (SSSR count). The van der Waals surface area contributed by atoms with E-state index in [1.807, 2.05) is 0 Å². The summed E-state index contributed by atoms with van der Waals surface area (Å²) in [5.41, 5.74) is 5.39. The van der Waals surface area contributed by atoms with E-state index in [1.165, 1.54) is 0 Å². The monoisotopic (exact) mass is 283 g/mol. The summed E-state index contributed by atoms with van der Waals surface area (Å²) in [6.45, 7) is 3.56. The van der Waals surface area contributed by atoms with Crippen LogP contribution in [0.3, 0.4) is 0 Å². The molecule has 0 bridgehead atoms. The number of alkyl halides is 3. The summed E-state index contributed by atoms with van der Waals surface area (Å²) >= 11 is 0. The third-order valence-corrected chi connectivity index (χ3v) is 2.54. The zero-order valence-corrected chi connectivity index (χ0v) is 11.2. The van der Waals surface area contributed by atoms with Crippen molar-refractivity contribution in [2.45, 2.75) is 33.4 Å². The maximum absolute atomic E-state index is 12.4. The number of nitrogens with two attached hydrogens (primary N) is 1. The van der Waals surface area contributed by atoms with Crippen LogP contribution in [0, 0.1) is 11.8 Å². The lowest BCUT2D eigenvalue weighted by molar-refractivity contribution is -0.163. The number of halogens is 3. The highest BCUT2D eigenvalue weighted by atomic mass is 19.4. The van der Waals surface area contributed by atoms with Crippen LogP contribution in [0.15, 0.2) is 5.16 Å². The second kappa shape index (κ2) is 7.20. The van der Waals surface area contributed by atoms with Crippen molar-refractivity contribution in [3.05, 3.63) is 0 Å². The molecule has 0 aliphatic heterocycles. The normalized spacial score (nSPS) is 14.6. The van der Waals surface area contributed by atoms with Crippen LogP contribution in [0.25, 0.3) is 0 Å². The molecule has 0 aliphatic rings. The van der Waals surface area contributed by atoms with E-state index in [0.29, 0.717) is 11.3 Å². The number of amidine groups is 1. The first-order valence-electron chi connectivity index (χ1n) is 5.97. The molecular formula is C11H20F3N3O2. The van der Waals surface area contributed by atoms with Crippen molar-refractivity contribution in [1.29, 1.82) is 0 Å². The molecule has 5 nitrogen and oxygen atoms in total. The second-order valence-corrected chi connectivity index (χ2v) is 4.62. The van der Waals surface area contributed by atoms with Crippen LogP contribution in [-0.2, 0) is 4.79 Å². The molecule has 19 heavy (non-hydrogen) atoms. The molecule has 1 atom stereocenters. The van der Waals surface area contributed by atoms with Crippen molar-refractivity contribution in [1.82, 2.24) is 4.90 Å². The summed E-state index contributed by atoms with van der Waals surface area (Å²) in [7, 11) is 0. The summed E-state index contributed by atoms with van der Waals surface area (Å²) in [6, 6.07) is 0. The van der Waals surface area contributed by atoms with Gasteiger partial charge in [0.15, 0.2) is 5.84 Å². The molecule has 0 aromatic carbocycles. The summed E-state index contributed by atoms with van der Waals surface area (Å²) in [5.74, 6) is -2.57. The summed E-state index contributed by atoms with van der Waals surface area (Å²) in [5, 5.41) is 11.4. The number of nitrogens with zero attached hydrogens (tertiary/aromatic N) is 2. The smallest absolute Gasteiger partial charge is 0.406 e. The second-order valence-electron chi connectivity index (χ2n) is 4.62. The highest BCUT2D eigenvalue weighted by molar-refractivity contribution is 6.02. The highest BCUT2D eigenvalue weighted by Crippen LogP contribution is 2.21. The molecule has 0 heterocycles. The van der Waals surface area contributed by atoms with Gasteiger partial charge >= 0.3 is 6.18 Å². The first-order valence-corrected chi connectivity index (χ1v) is 5.97. The van der Waals surface area contributed by atoms with E-state index in [2.05, 4.69) is 5.16 Å². The Morgan fingerprint density at radius 1 is 1.42 bits per heavy atom. The fourth-order valence-corrected chi connectivity index (χ4v) is 1.77. The van der Waals surface area contributed by atoms with E-state index in [1.54, 1.807) is 20.8 Å². The van der Waals surface area contributed by atoms with Crippen LogP contribution in [0.2, 0.25) is 0 Å². The Balaban J connectivity index is 5.14. The molecule has 0 spiro atoms. The molecule has 1 amide bonds. The molecule has 0 aromatic rings. The predicted molar refractivity (Wildman–Crippen MR) is 64.7 cm³/mol. The van der Waals surface area contributed by atoms with Crippen LogP contribution < -0.4 is 5.73 Å². The zero-order valence-electron chi connectivity index (χ0n) is 11.2. The number of oxime groups is 1. The van der Waals surface area contributed by atoms with Crippen molar-refractivity contribution in [3.8, 4) is 0 Å².